The number of amides is 3. The van der Waals surface area contributed by atoms with Crippen LogP contribution < -0.4 is 16.0 Å². The molecule has 0 bridgehead atoms. The SMILES string of the molecule is COC(=O)[C@@]1(OC[C@H]2O[C@@H](OCC[Si](C)(C)C)[C@H](NC(C)=O)[C@@H](O[C@@H]3O[C@H](COC(C)=O)[C@H](OC(C)=O)[C@H](O[C@]4(C(=O)OC)C[C@H](OC(C)=O)[C@@H](NC(C)=O)[C@H]([C@H](OC(C)=O)[C@@H](COC(C)=O)OC(C)=O)O4)[C@H]3OC(C)=O)[C@H]2OC(C)=O)C[C@H](OC(C)=O)[C@@H](NC(=O)OCc2ccccc2)[C@H]([C@H](OC(C)=O)[C@@H](COC(C)=O)OC(C)=O)O1. The summed E-state index contributed by atoms with van der Waals surface area (Å²) < 4.78 is 138. The van der Waals surface area contributed by atoms with Gasteiger partial charge in [-0.2, -0.15) is 0 Å². The van der Waals surface area contributed by atoms with Crippen LogP contribution >= 0.6 is 0 Å². The predicted octanol–water partition coefficient (Wildman–Crippen LogP) is 0.273. The molecule has 117 heavy (non-hydrogen) atoms. The number of hydrogen-bond donors (Lipinski definition) is 3. The molecular weight excluding hydrogens is 1590 g/mol. The third-order valence-electron chi connectivity index (χ3n) is 17.3. The maximum absolute atomic E-state index is 15.2. The van der Waals surface area contributed by atoms with Gasteiger partial charge in [-0.1, -0.05) is 50.0 Å². The van der Waals surface area contributed by atoms with Gasteiger partial charge in [-0.3, -0.25) is 67.1 Å². The van der Waals surface area contributed by atoms with Gasteiger partial charge in [0, 0.05) is 112 Å². The first-order chi connectivity index (χ1) is 54.7. The minimum atomic E-state index is -3.31. The number of nitrogens with one attached hydrogen (secondary N) is 3. The summed E-state index contributed by atoms with van der Waals surface area (Å²) in [6.07, 6.45) is -39.7. The van der Waals surface area contributed by atoms with Crippen LogP contribution in [0.15, 0.2) is 30.3 Å². The highest BCUT2D eigenvalue weighted by molar-refractivity contribution is 6.76. The average molecular weight is 1690 g/mol. The fourth-order valence-electron chi connectivity index (χ4n) is 13.0. The highest BCUT2D eigenvalue weighted by Gasteiger charge is 2.66. The van der Waals surface area contributed by atoms with Gasteiger partial charge < -0.3 is 125 Å². The molecule has 22 atom stereocenters. The lowest BCUT2D eigenvalue weighted by Gasteiger charge is -2.52. The van der Waals surface area contributed by atoms with Gasteiger partial charge in [0.05, 0.1) is 45.8 Å². The lowest BCUT2D eigenvalue weighted by atomic mass is 9.87. The summed E-state index contributed by atoms with van der Waals surface area (Å²) in [4.78, 5) is 231. The van der Waals surface area contributed by atoms with Gasteiger partial charge in [-0.15, -0.1) is 0 Å². The molecule has 44 heteroatoms. The molecule has 0 saturated carbocycles. The fraction of sp³-hybridized carbons (Fsp3) is 0.685. The normalized spacial score (nSPS) is 27.8. The van der Waals surface area contributed by atoms with Crippen LogP contribution in [0.1, 0.15) is 115 Å². The van der Waals surface area contributed by atoms with Crippen molar-refractivity contribution in [1.29, 1.82) is 0 Å². The van der Waals surface area contributed by atoms with E-state index in [0.29, 0.717) is 11.6 Å². The van der Waals surface area contributed by atoms with Gasteiger partial charge in [0.1, 0.15) is 81.3 Å². The Morgan fingerprint density at radius 3 is 1.31 bits per heavy atom. The van der Waals surface area contributed by atoms with Crippen LogP contribution in [0.5, 0.6) is 0 Å². The van der Waals surface area contributed by atoms with E-state index in [-0.39, 0.29) is 13.2 Å². The molecule has 5 rings (SSSR count). The monoisotopic (exact) mass is 1690 g/mol. The first kappa shape index (κ1) is 97.5. The molecule has 654 valence electrons. The predicted molar refractivity (Wildman–Crippen MR) is 384 cm³/mol. The lowest BCUT2D eigenvalue weighted by Crippen LogP contribution is -2.72. The first-order valence-corrected chi connectivity index (χ1v) is 40.3. The van der Waals surface area contributed by atoms with E-state index in [0.717, 1.165) is 111 Å². The van der Waals surface area contributed by atoms with Gasteiger partial charge in [0.25, 0.3) is 11.6 Å². The topological polar surface area (TPSA) is 539 Å². The molecule has 1 aromatic carbocycles. The zero-order chi connectivity index (χ0) is 87.7. The molecule has 4 saturated heterocycles. The Balaban J connectivity index is 1.89. The zero-order valence-corrected chi connectivity index (χ0v) is 69.1. The fourth-order valence-corrected chi connectivity index (χ4v) is 13.7. The van der Waals surface area contributed by atoms with Crippen molar-refractivity contribution in [3.63, 3.8) is 0 Å². The van der Waals surface area contributed by atoms with Crippen molar-refractivity contribution in [2.75, 3.05) is 47.3 Å². The molecule has 0 aliphatic carbocycles. The summed E-state index contributed by atoms with van der Waals surface area (Å²) >= 11 is 0. The molecule has 0 unspecified atom stereocenters. The Labute approximate surface area is 672 Å². The number of ether oxygens (including phenoxy) is 23. The number of methoxy groups -OCH3 is 2. The van der Waals surface area contributed by atoms with Gasteiger partial charge in [-0.25, -0.2) is 14.4 Å². The van der Waals surface area contributed by atoms with E-state index in [4.69, 9.17) is 109 Å². The molecule has 4 aliphatic heterocycles. The average Bonchev–Trinajstić information content (AvgIpc) is 0.756. The highest BCUT2D eigenvalue weighted by atomic mass is 28.3. The maximum atomic E-state index is 15.2. The van der Waals surface area contributed by atoms with E-state index in [1.54, 1.807) is 30.3 Å². The van der Waals surface area contributed by atoms with E-state index in [1.165, 1.54) is 0 Å². The van der Waals surface area contributed by atoms with Crippen molar-refractivity contribution < 1.29 is 190 Å². The van der Waals surface area contributed by atoms with Gasteiger partial charge in [0.15, 0.2) is 55.3 Å². The second-order valence-corrected chi connectivity index (χ2v) is 34.0. The minimum Gasteiger partial charge on any atom is -0.465 e. The summed E-state index contributed by atoms with van der Waals surface area (Å²) in [5.74, 6) is -24.8. The van der Waals surface area contributed by atoms with E-state index < -0.39 is 283 Å². The Bertz CT molecular complexity index is 3710. The largest absolute Gasteiger partial charge is 0.465 e. The Kier molecular flexibility index (Phi) is 37.0. The van der Waals surface area contributed by atoms with E-state index in [9.17, 15) is 71.9 Å². The van der Waals surface area contributed by atoms with Crippen molar-refractivity contribution in [3.05, 3.63) is 35.9 Å². The quantitative estimate of drug-likeness (QED) is 0.0457. The van der Waals surface area contributed by atoms with E-state index in [1.807, 2.05) is 19.6 Å². The molecule has 0 radical (unpaired) electrons. The number of carbonyl (C=O) groups excluding carboxylic acids is 17. The summed E-state index contributed by atoms with van der Waals surface area (Å²) in [5, 5.41) is 7.67. The molecule has 43 nitrogen and oxygen atoms in total. The molecule has 0 aromatic heterocycles. The molecule has 4 heterocycles. The van der Waals surface area contributed by atoms with Crippen molar-refractivity contribution >= 4 is 110 Å². The second kappa shape index (κ2) is 44.5. The molecule has 3 amide bonds. The van der Waals surface area contributed by atoms with Gasteiger partial charge >= 0.3 is 89.7 Å². The van der Waals surface area contributed by atoms with Gasteiger partial charge in [0.2, 0.25) is 11.8 Å². The lowest BCUT2D eigenvalue weighted by molar-refractivity contribution is -0.383. The van der Waals surface area contributed by atoms with E-state index in [2.05, 4.69) is 16.0 Å². The van der Waals surface area contributed by atoms with Crippen LogP contribution in [0.2, 0.25) is 25.7 Å². The van der Waals surface area contributed by atoms with Crippen molar-refractivity contribution in [2.24, 2.45) is 0 Å². The minimum absolute atomic E-state index is 0.204. The Hall–Kier alpha value is -10.1. The summed E-state index contributed by atoms with van der Waals surface area (Å²) in [6.45, 7) is 14.1. The summed E-state index contributed by atoms with van der Waals surface area (Å²) in [7, 11) is -0.531. The third kappa shape index (κ3) is 29.8. The molecular formula is C73H103N3O40Si. The number of benzene rings is 1. The molecule has 3 N–H and O–H groups in total. The Morgan fingerprint density at radius 2 is 0.863 bits per heavy atom. The third-order valence-corrected chi connectivity index (χ3v) is 19.0. The van der Waals surface area contributed by atoms with Crippen LogP contribution in [0.25, 0.3) is 0 Å². The van der Waals surface area contributed by atoms with Crippen molar-refractivity contribution in [1.82, 2.24) is 16.0 Å². The molecule has 0 spiro atoms. The second-order valence-electron chi connectivity index (χ2n) is 28.4. The Morgan fingerprint density at radius 1 is 0.444 bits per heavy atom. The highest BCUT2D eigenvalue weighted by Crippen LogP contribution is 2.44. The number of rotatable bonds is 37. The summed E-state index contributed by atoms with van der Waals surface area (Å²) in [6, 6.07) is 3.00. The first-order valence-electron chi connectivity index (χ1n) is 36.6. The van der Waals surface area contributed by atoms with Crippen molar-refractivity contribution in [3.8, 4) is 0 Å². The van der Waals surface area contributed by atoms with Crippen LogP contribution in [0.4, 0.5) is 4.79 Å². The van der Waals surface area contributed by atoms with Crippen LogP contribution in [-0.2, 0) is 192 Å². The molecule has 1 aromatic rings. The molecule has 4 aliphatic rings. The van der Waals surface area contributed by atoms with E-state index >= 15 is 9.59 Å². The maximum Gasteiger partial charge on any atom is 0.407 e. The molecule has 4 fully saturated rings. The number of hydrogen-bond acceptors (Lipinski definition) is 40. The number of carbonyl (C=O) groups is 17. The van der Waals surface area contributed by atoms with Crippen LogP contribution in [-0.4, -0.2) is 291 Å². The summed E-state index contributed by atoms with van der Waals surface area (Å²) in [5.41, 5.74) is 0.474. The standard InChI is InChI=1S/C73H103N3O40Si/c1-34(77)74-55-50(103-40(7)83)28-73(70(92)95-16,115-63(55)59(107-44(11)87)51(104-41(8)84)30-97-36(3)79)116-65-61(109-46(13)89)53(32-99-38(5)81)112-68(66(65)110-47(14)90)113-62-57(75-35(2)78)67(96-25-26-117(17,18)19)111-54(58(62)106-43(10)86)33-101-72(69(91)94-15)27-49(102-39(6)82)56(76-71(93)100-29-48-23-21-20-22-24-48)64(114-72)60(108-45(12)88)52(105-42(9)85)31-98-37(4)80/h20-24,49-68H,25-33H2,1-19H3,(H,74,77)(H,75,78)(H,76,93)/t49-,50-,51+,52+,53+,54+,55+,56+,57+,58-,59+,60+,61-,62+,63+,64+,65-,66+,67+,68-,72+,73-/m0/s1. The van der Waals surface area contributed by atoms with Crippen LogP contribution in [0.3, 0.4) is 0 Å². The number of alkyl carbamates (subject to hydrolysis) is 1. The number of esters is 14. The van der Waals surface area contributed by atoms with Gasteiger partial charge in [-0.05, 0) is 11.6 Å². The van der Waals surface area contributed by atoms with Crippen LogP contribution in [0, 0.1) is 0 Å². The smallest absolute Gasteiger partial charge is 0.407 e. The van der Waals surface area contributed by atoms with Crippen molar-refractivity contribution in [2.45, 2.75) is 276 Å². The zero-order valence-electron chi connectivity index (χ0n) is 68.1.